The van der Waals surface area contributed by atoms with Crippen LogP contribution >= 0.6 is 0 Å². The van der Waals surface area contributed by atoms with Gasteiger partial charge in [0.25, 0.3) is 0 Å². The van der Waals surface area contributed by atoms with Gasteiger partial charge >= 0.3 is 0 Å². The summed E-state index contributed by atoms with van der Waals surface area (Å²) in [6.07, 6.45) is 0. The first-order valence-electron chi connectivity index (χ1n) is 5.54. The van der Waals surface area contributed by atoms with Gasteiger partial charge in [0.05, 0.1) is 11.6 Å². The monoisotopic (exact) mass is 280 g/mol. The third-order valence-electron chi connectivity index (χ3n) is 2.71. The zero-order valence-corrected chi connectivity index (χ0v) is 10.3. The zero-order valence-electron chi connectivity index (χ0n) is 10.3. The summed E-state index contributed by atoms with van der Waals surface area (Å²) < 4.78 is 54.6. The van der Waals surface area contributed by atoms with Crippen LogP contribution < -0.4 is 5.32 Å². The Balaban J connectivity index is 2.52. The van der Waals surface area contributed by atoms with Crippen LogP contribution in [0.25, 0.3) is 0 Å². The lowest BCUT2D eigenvalue weighted by Gasteiger charge is -2.12. The van der Waals surface area contributed by atoms with E-state index in [1.165, 1.54) is 13.0 Å². The van der Waals surface area contributed by atoms with Gasteiger partial charge < -0.3 is 5.32 Å². The third kappa shape index (κ3) is 2.43. The minimum atomic E-state index is -1.11. The molecule has 0 saturated heterocycles. The molecule has 0 heterocycles. The fourth-order valence-corrected chi connectivity index (χ4v) is 1.65. The highest BCUT2D eigenvalue weighted by molar-refractivity contribution is 5.63. The van der Waals surface area contributed by atoms with Gasteiger partial charge in [-0.25, -0.2) is 17.6 Å². The Bertz CT molecular complexity index is 697. The molecular formula is C14H8F4N2. The van der Waals surface area contributed by atoms with Crippen molar-refractivity contribution in [1.29, 1.82) is 5.26 Å². The third-order valence-corrected chi connectivity index (χ3v) is 2.71. The average Bonchev–Trinajstić information content (AvgIpc) is 2.41. The van der Waals surface area contributed by atoms with Crippen molar-refractivity contribution in [3.05, 3.63) is 58.7 Å². The molecule has 0 atom stereocenters. The SMILES string of the molecule is Cc1ccc(F)c(Nc2c(F)cc(C#N)cc2F)c1F. The standard InChI is InChI=1S/C14H8F4N2/c1-7-2-3-9(15)14(12(7)18)20-13-10(16)4-8(6-19)5-11(13)17/h2-5,20H,1H3. The molecule has 6 heteroatoms. The van der Waals surface area contributed by atoms with Gasteiger partial charge in [0.2, 0.25) is 0 Å². The van der Waals surface area contributed by atoms with Crippen molar-refractivity contribution in [2.24, 2.45) is 0 Å². The van der Waals surface area contributed by atoms with Crippen LogP contribution in [0.5, 0.6) is 0 Å². The molecule has 0 fully saturated rings. The van der Waals surface area contributed by atoms with Crippen molar-refractivity contribution in [3.63, 3.8) is 0 Å². The Morgan fingerprint density at radius 3 is 2.10 bits per heavy atom. The Hall–Kier alpha value is -2.55. The molecule has 1 N–H and O–H groups in total. The number of anilines is 2. The Morgan fingerprint density at radius 2 is 1.55 bits per heavy atom. The summed E-state index contributed by atoms with van der Waals surface area (Å²) in [5.74, 6) is -4.13. The van der Waals surface area contributed by atoms with E-state index in [0.717, 1.165) is 18.2 Å². The first-order chi connectivity index (χ1) is 9.43. The molecule has 0 saturated carbocycles. The van der Waals surface area contributed by atoms with Crippen molar-refractivity contribution in [2.75, 3.05) is 5.32 Å². The average molecular weight is 280 g/mol. The van der Waals surface area contributed by atoms with Gasteiger partial charge in [-0.2, -0.15) is 5.26 Å². The summed E-state index contributed by atoms with van der Waals surface area (Å²) in [5, 5.41) is 10.6. The molecular weight excluding hydrogens is 272 g/mol. The van der Waals surface area contributed by atoms with Crippen molar-refractivity contribution in [1.82, 2.24) is 0 Å². The summed E-state index contributed by atoms with van der Waals surface area (Å²) in [4.78, 5) is 0. The number of nitriles is 1. The molecule has 0 aliphatic heterocycles. The van der Waals surface area contributed by atoms with E-state index in [9.17, 15) is 17.6 Å². The van der Waals surface area contributed by atoms with Gasteiger partial charge in [-0.1, -0.05) is 6.07 Å². The molecule has 0 radical (unpaired) electrons. The summed E-state index contributed by atoms with van der Waals surface area (Å²) >= 11 is 0. The van der Waals surface area contributed by atoms with Gasteiger partial charge in [0.15, 0.2) is 17.5 Å². The minimum absolute atomic E-state index is 0.128. The molecule has 20 heavy (non-hydrogen) atoms. The second-order valence-electron chi connectivity index (χ2n) is 4.10. The van der Waals surface area contributed by atoms with Crippen LogP contribution in [0.2, 0.25) is 0 Å². The van der Waals surface area contributed by atoms with E-state index in [1.807, 2.05) is 0 Å². The number of benzene rings is 2. The molecule has 2 aromatic rings. The van der Waals surface area contributed by atoms with Crippen molar-refractivity contribution < 1.29 is 17.6 Å². The van der Waals surface area contributed by atoms with Crippen LogP contribution in [0.15, 0.2) is 24.3 Å². The maximum absolute atomic E-state index is 13.8. The van der Waals surface area contributed by atoms with Gasteiger partial charge in [-0.15, -0.1) is 0 Å². The van der Waals surface area contributed by atoms with Crippen LogP contribution in [0, 0.1) is 41.5 Å². The second kappa shape index (κ2) is 5.21. The Labute approximate surface area is 112 Å². The summed E-state index contributed by atoms with van der Waals surface area (Å²) in [6.45, 7) is 1.39. The van der Waals surface area contributed by atoms with Crippen LogP contribution in [0.1, 0.15) is 11.1 Å². The smallest absolute Gasteiger partial charge is 0.152 e. The molecule has 0 bridgehead atoms. The fourth-order valence-electron chi connectivity index (χ4n) is 1.65. The number of halogens is 4. The lowest BCUT2D eigenvalue weighted by molar-refractivity contribution is 0.576. The largest absolute Gasteiger partial charge is 0.346 e. The first kappa shape index (κ1) is 13.9. The highest BCUT2D eigenvalue weighted by atomic mass is 19.1. The predicted molar refractivity (Wildman–Crippen MR) is 65.5 cm³/mol. The van der Waals surface area contributed by atoms with Gasteiger partial charge in [0.1, 0.15) is 17.2 Å². The van der Waals surface area contributed by atoms with Crippen LogP contribution in [-0.4, -0.2) is 0 Å². The lowest BCUT2D eigenvalue weighted by Crippen LogP contribution is -2.03. The van der Waals surface area contributed by atoms with E-state index in [4.69, 9.17) is 5.26 Å². The normalized spacial score (nSPS) is 10.2. The summed E-state index contributed by atoms with van der Waals surface area (Å²) in [7, 11) is 0. The lowest BCUT2D eigenvalue weighted by atomic mass is 10.1. The number of nitrogens with one attached hydrogen (secondary N) is 1. The zero-order chi connectivity index (χ0) is 14.9. The first-order valence-corrected chi connectivity index (χ1v) is 5.54. The number of aryl methyl sites for hydroxylation is 1. The topological polar surface area (TPSA) is 35.8 Å². The van der Waals surface area contributed by atoms with Crippen molar-refractivity contribution >= 4 is 11.4 Å². The molecule has 2 nitrogen and oxygen atoms in total. The molecule has 0 unspecified atom stereocenters. The van der Waals surface area contributed by atoms with Gasteiger partial charge in [-0.05, 0) is 30.7 Å². The molecule has 0 aliphatic rings. The van der Waals surface area contributed by atoms with E-state index >= 15 is 0 Å². The molecule has 2 rings (SSSR count). The van der Waals surface area contributed by atoms with E-state index in [1.54, 1.807) is 6.07 Å². The molecule has 102 valence electrons. The number of rotatable bonds is 2. The van der Waals surface area contributed by atoms with E-state index in [0.29, 0.717) is 0 Å². The molecule has 0 aliphatic carbocycles. The number of hydrogen-bond donors (Lipinski definition) is 1. The molecule has 0 spiro atoms. The minimum Gasteiger partial charge on any atom is -0.346 e. The number of nitrogens with zero attached hydrogens (tertiary/aromatic N) is 1. The van der Waals surface area contributed by atoms with Gasteiger partial charge in [0, 0.05) is 0 Å². The van der Waals surface area contributed by atoms with Crippen LogP contribution in [0.4, 0.5) is 28.9 Å². The Morgan fingerprint density at radius 1 is 0.950 bits per heavy atom. The quantitative estimate of drug-likeness (QED) is 0.838. The predicted octanol–water partition coefficient (Wildman–Crippen LogP) is 4.17. The molecule has 0 aromatic heterocycles. The maximum Gasteiger partial charge on any atom is 0.152 e. The van der Waals surface area contributed by atoms with Crippen LogP contribution in [0.3, 0.4) is 0 Å². The second-order valence-corrected chi connectivity index (χ2v) is 4.10. The van der Waals surface area contributed by atoms with E-state index < -0.39 is 34.6 Å². The number of hydrogen-bond acceptors (Lipinski definition) is 2. The van der Waals surface area contributed by atoms with Crippen LogP contribution in [-0.2, 0) is 0 Å². The highest BCUT2D eigenvalue weighted by Gasteiger charge is 2.17. The van der Waals surface area contributed by atoms with E-state index in [-0.39, 0.29) is 11.1 Å². The maximum atomic E-state index is 13.8. The summed E-state index contributed by atoms with van der Waals surface area (Å²) in [5.41, 5.74) is -1.46. The molecule has 2 aromatic carbocycles. The van der Waals surface area contributed by atoms with Crippen molar-refractivity contribution in [2.45, 2.75) is 6.92 Å². The van der Waals surface area contributed by atoms with Crippen molar-refractivity contribution in [3.8, 4) is 6.07 Å². The summed E-state index contributed by atoms with van der Waals surface area (Å²) in [6, 6.07) is 5.32. The fraction of sp³-hybridized carbons (Fsp3) is 0.0714. The van der Waals surface area contributed by atoms with Gasteiger partial charge in [-0.3, -0.25) is 0 Å². The highest BCUT2D eigenvalue weighted by Crippen LogP contribution is 2.29. The van der Waals surface area contributed by atoms with E-state index in [2.05, 4.69) is 5.32 Å². The Kier molecular flexibility index (Phi) is 3.61. The molecule has 0 amide bonds.